The van der Waals surface area contributed by atoms with Gasteiger partial charge in [0.05, 0.1) is 47.7 Å². The second kappa shape index (κ2) is 13.4. The summed E-state index contributed by atoms with van der Waals surface area (Å²) in [4.78, 5) is 33.9. The minimum Gasteiger partial charge on any atom is -0.496 e. The number of hydrogen-bond donors (Lipinski definition) is 0. The molecule has 0 bridgehead atoms. The fourth-order valence-corrected chi connectivity index (χ4v) is 7.17. The van der Waals surface area contributed by atoms with Crippen LogP contribution in [0.25, 0.3) is 22.5 Å². The predicted molar refractivity (Wildman–Crippen MR) is 183 cm³/mol. The Balaban J connectivity index is 1.72. The van der Waals surface area contributed by atoms with Crippen molar-refractivity contribution in [1.29, 1.82) is 0 Å². The summed E-state index contributed by atoms with van der Waals surface area (Å²) in [7, 11) is 3.10. The fourth-order valence-electron chi connectivity index (χ4n) is 5.67. The average molecular weight is 700 g/mol. The molecule has 1 aliphatic rings. The Labute approximate surface area is 278 Å². The van der Waals surface area contributed by atoms with E-state index in [0.717, 1.165) is 16.3 Å². The number of aromatic nitrogens is 1. The summed E-state index contributed by atoms with van der Waals surface area (Å²) in [6, 6.07) is 23.9. The molecule has 1 aliphatic heterocycles. The molecule has 2 heterocycles. The van der Waals surface area contributed by atoms with Gasteiger partial charge in [-0.1, -0.05) is 72.0 Å². The van der Waals surface area contributed by atoms with Crippen LogP contribution in [0, 0.1) is 0 Å². The zero-order valence-corrected chi connectivity index (χ0v) is 28.1. The Bertz CT molecular complexity index is 2170. The SMILES string of the molecule is CCOC(=O)C1=C(c2ccccc2)N=c2s/c(=C\c3c(OCC)ccc4ccccc34)c(=O)n2C1c1cc(Br)c(OC)cc1OC. The largest absolute Gasteiger partial charge is 0.496 e. The molecule has 46 heavy (non-hydrogen) atoms. The number of halogens is 1. The average Bonchev–Trinajstić information content (AvgIpc) is 3.39. The first kappa shape index (κ1) is 31.3. The summed E-state index contributed by atoms with van der Waals surface area (Å²) in [5, 5.41) is 1.97. The van der Waals surface area contributed by atoms with Crippen molar-refractivity contribution >= 4 is 55.8 Å². The summed E-state index contributed by atoms with van der Waals surface area (Å²) in [6.45, 7) is 4.28. The van der Waals surface area contributed by atoms with Gasteiger partial charge in [0, 0.05) is 22.8 Å². The van der Waals surface area contributed by atoms with Gasteiger partial charge in [0.25, 0.3) is 5.56 Å². The van der Waals surface area contributed by atoms with Gasteiger partial charge in [-0.05, 0) is 58.8 Å². The molecule has 0 spiro atoms. The lowest BCUT2D eigenvalue weighted by atomic mass is 9.92. The quantitative estimate of drug-likeness (QED) is 0.169. The number of thiazole rings is 1. The van der Waals surface area contributed by atoms with Crippen molar-refractivity contribution in [3.63, 3.8) is 0 Å². The molecule has 1 unspecified atom stereocenters. The van der Waals surface area contributed by atoms with Gasteiger partial charge in [0.15, 0.2) is 4.80 Å². The molecule has 10 heteroatoms. The Morgan fingerprint density at radius 1 is 0.935 bits per heavy atom. The monoisotopic (exact) mass is 698 g/mol. The second-order valence-electron chi connectivity index (χ2n) is 10.3. The van der Waals surface area contributed by atoms with Crippen LogP contribution in [0.15, 0.2) is 98.7 Å². The highest BCUT2D eigenvalue weighted by molar-refractivity contribution is 9.10. The number of ether oxygens (including phenoxy) is 4. The molecule has 0 saturated carbocycles. The van der Waals surface area contributed by atoms with Crippen LogP contribution in [0.1, 0.15) is 36.6 Å². The molecule has 0 aliphatic carbocycles. The molecule has 234 valence electrons. The van der Waals surface area contributed by atoms with Gasteiger partial charge in [-0.15, -0.1) is 0 Å². The molecule has 0 saturated heterocycles. The molecule has 1 atom stereocenters. The Kier molecular flexibility index (Phi) is 9.10. The number of methoxy groups -OCH3 is 2. The zero-order chi connectivity index (χ0) is 32.4. The van der Waals surface area contributed by atoms with Crippen molar-refractivity contribution in [3.05, 3.63) is 125 Å². The molecule has 0 fully saturated rings. The highest BCUT2D eigenvalue weighted by Crippen LogP contribution is 2.42. The van der Waals surface area contributed by atoms with Crippen LogP contribution in [0.4, 0.5) is 0 Å². The maximum Gasteiger partial charge on any atom is 0.338 e. The molecule has 8 nitrogen and oxygen atoms in total. The summed E-state index contributed by atoms with van der Waals surface area (Å²) in [5.74, 6) is 1.06. The molecule has 5 aromatic rings. The van der Waals surface area contributed by atoms with Crippen LogP contribution < -0.4 is 29.1 Å². The number of hydrogen-bond acceptors (Lipinski definition) is 8. The van der Waals surface area contributed by atoms with Gasteiger partial charge >= 0.3 is 5.97 Å². The maximum absolute atomic E-state index is 14.6. The lowest BCUT2D eigenvalue weighted by Crippen LogP contribution is -2.40. The fraction of sp³-hybridized carbons (Fsp3) is 0.194. The van der Waals surface area contributed by atoms with Crippen LogP contribution in [-0.2, 0) is 9.53 Å². The van der Waals surface area contributed by atoms with E-state index in [1.54, 1.807) is 24.7 Å². The first-order valence-corrected chi connectivity index (χ1v) is 16.4. The van der Waals surface area contributed by atoms with Gasteiger partial charge in [-0.3, -0.25) is 9.36 Å². The Hall–Kier alpha value is -4.67. The van der Waals surface area contributed by atoms with Crippen LogP contribution in [0.3, 0.4) is 0 Å². The van der Waals surface area contributed by atoms with Gasteiger partial charge in [-0.2, -0.15) is 0 Å². The van der Waals surface area contributed by atoms with Crippen LogP contribution in [-0.4, -0.2) is 38.0 Å². The van der Waals surface area contributed by atoms with Crippen LogP contribution in [0.2, 0.25) is 0 Å². The number of benzene rings is 4. The van der Waals surface area contributed by atoms with Crippen molar-refractivity contribution in [2.45, 2.75) is 19.9 Å². The highest BCUT2D eigenvalue weighted by Gasteiger charge is 2.37. The number of fused-ring (bicyclic) bond motifs is 2. The Morgan fingerprint density at radius 2 is 1.67 bits per heavy atom. The van der Waals surface area contributed by atoms with E-state index in [1.165, 1.54) is 18.4 Å². The zero-order valence-electron chi connectivity index (χ0n) is 25.7. The molecule has 0 radical (unpaired) electrons. The molecule has 0 amide bonds. The minimum atomic E-state index is -0.927. The van der Waals surface area contributed by atoms with E-state index in [9.17, 15) is 9.59 Å². The van der Waals surface area contributed by atoms with Crippen molar-refractivity contribution < 1.29 is 23.7 Å². The standard InChI is InChI=1S/C36H31BrN2O6S/c1-5-44-27-17-16-21-12-10-11-15-23(21)24(27)19-30-34(40)39-33(25-18-26(37)29(43-4)20-28(25)42-3)31(35(41)45-6-2)32(38-36(39)46-30)22-13-8-7-9-14-22/h7-20,33H,5-6H2,1-4H3/b30-19-. The van der Waals surface area contributed by atoms with Crippen molar-refractivity contribution in [3.8, 4) is 17.2 Å². The number of esters is 1. The van der Waals surface area contributed by atoms with Crippen molar-refractivity contribution in [2.75, 3.05) is 27.4 Å². The van der Waals surface area contributed by atoms with E-state index < -0.39 is 12.0 Å². The van der Waals surface area contributed by atoms with Crippen LogP contribution in [0.5, 0.6) is 17.2 Å². The Morgan fingerprint density at radius 3 is 2.39 bits per heavy atom. The number of carbonyl (C=O) groups excluding carboxylic acids is 1. The van der Waals surface area contributed by atoms with Gasteiger partial charge in [0.2, 0.25) is 0 Å². The van der Waals surface area contributed by atoms with Crippen LogP contribution >= 0.6 is 27.3 Å². The summed E-state index contributed by atoms with van der Waals surface area (Å²) in [5.41, 5.74) is 2.40. The normalized spacial score (nSPS) is 14.5. The third kappa shape index (κ3) is 5.63. The second-order valence-corrected chi connectivity index (χ2v) is 12.2. The molecule has 0 N–H and O–H groups in total. The van der Waals surface area contributed by atoms with Gasteiger partial charge in [-0.25, -0.2) is 9.79 Å². The van der Waals surface area contributed by atoms with Crippen molar-refractivity contribution in [1.82, 2.24) is 4.57 Å². The third-order valence-corrected chi connectivity index (χ3v) is 9.28. The van der Waals surface area contributed by atoms with E-state index in [0.29, 0.717) is 54.5 Å². The maximum atomic E-state index is 14.6. The summed E-state index contributed by atoms with van der Waals surface area (Å²) >= 11 is 4.85. The number of nitrogens with zero attached hydrogens (tertiary/aromatic N) is 2. The van der Waals surface area contributed by atoms with E-state index in [1.807, 2.05) is 85.8 Å². The molecular formula is C36H31BrN2O6S. The summed E-state index contributed by atoms with van der Waals surface area (Å²) < 4.78 is 25.6. The predicted octanol–water partition coefficient (Wildman–Crippen LogP) is 6.27. The third-order valence-electron chi connectivity index (χ3n) is 7.68. The van der Waals surface area contributed by atoms with Gasteiger partial charge in [0.1, 0.15) is 23.3 Å². The smallest absolute Gasteiger partial charge is 0.338 e. The van der Waals surface area contributed by atoms with Gasteiger partial charge < -0.3 is 18.9 Å². The number of rotatable bonds is 9. The molecule has 1 aromatic heterocycles. The minimum absolute atomic E-state index is 0.145. The van der Waals surface area contributed by atoms with E-state index in [-0.39, 0.29) is 17.7 Å². The molecule has 6 rings (SSSR count). The lowest BCUT2D eigenvalue weighted by Gasteiger charge is -2.27. The lowest BCUT2D eigenvalue weighted by molar-refractivity contribution is -0.138. The number of carbonyl (C=O) groups is 1. The molecular weight excluding hydrogens is 668 g/mol. The van der Waals surface area contributed by atoms with E-state index in [4.69, 9.17) is 23.9 Å². The topological polar surface area (TPSA) is 88.4 Å². The first-order chi connectivity index (χ1) is 22.4. The molecule has 4 aromatic carbocycles. The van der Waals surface area contributed by atoms with E-state index >= 15 is 0 Å². The summed E-state index contributed by atoms with van der Waals surface area (Å²) in [6.07, 6.45) is 1.85. The first-order valence-electron chi connectivity index (χ1n) is 14.7. The van der Waals surface area contributed by atoms with Crippen molar-refractivity contribution in [2.24, 2.45) is 4.99 Å². The van der Waals surface area contributed by atoms with E-state index in [2.05, 4.69) is 15.9 Å². The highest BCUT2D eigenvalue weighted by atomic mass is 79.9.